The van der Waals surface area contributed by atoms with Gasteiger partial charge in [0.05, 0.1) is 24.9 Å². The molecule has 1 aromatic carbocycles. The first-order valence-corrected chi connectivity index (χ1v) is 10.8. The van der Waals surface area contributed by atoms with Crippen LogP contribution >= 0.6 is 0 Å². The fourth-order valence-corrected chi connectivity index (χ4v) is 4.12. The lowest BCUT2D eigenvalue weighted by atomic mass is 9.82. The Labute approximate surface area is 183 Å². The molecule has 3 rings (SSSR count). The number of piperidine rings is 1. The molecular formula is C24H32N2O5. The van der Waals surface area contributed by atoms with Crippen LogP contribution in [0.15, 0.2) is 30.5 Å². The van der Waals surface area contributed by atoms with Gasteiger partial charge in [-0.25, -0.2) is 4.79 Å². The number of hydrogen-bond acceptors (Lipinski definition) is 6. The van der Waals surface area contributed by atoms with E-state index in [2.05, 4.69) is 4.98 Å². The standard InChI is InChI=1S/C24H32N2O5/c1-24(2,3)31-23(29)26-11-10-16(17(14-26)15-27)8-9-22(28)19-6-5-7-21-20(19)12-18(30-4)13-25-21/h5-7,12-13,15-17,22,28H,8-11,14H2,1-4H3/t16-,17-,22?/m1/s1. The van der Waals surface area contributed by atoms with Crippen LogP contribution in [0.5, 0.6) is 5.75 Å². The molecule has 0 spiro atoms. The summed E-state index contributed by atoms with van der Waals surface area (Å²) in [5.41, 5.74) is 1.04. The van der Waals surface area contributed by atoms with Crippen molar-refractivity contribution in [1.82, 2.24) is 9.88 Å². The van der Waals surface area contributed by atoms with Crippen molar-refractivity contribution in [2.24, 2.45) is 11.8 Å². The van der Waals surface area contributed by atoms with E-state index in [1.807, 2.05) is 45.0 Å². The van der Waals surface area contributed by atoms with Gasteiger partial charge in [0.15, 0.2) is 0 Å². The quantitative estimate of drug-likeness (QED) is 0.696. The predicted octanol–water partition coefficient (Wildman–Crippen LogP) is 4.13. The Hall–Kier alpha value is -2.67. The van der Waals surface area contributed by atoms with E-state index in [1.54, 1.807) is 18.2 Å². The normalized spacial score (nSPS) is 20.4. The third-order valence-corrected chi connectivity index (χ3v) is 5.77. The van der Waals surface area contributed by atoms with E-state index >= 15 is 0 Å². The molecule has 1 saturated heterocycles. The van der Waals surface area contributed by atoms with Gasteiger partial charge >= 0.3 is 6.09 Å². The molecule has 31 heavy (non-hydrogen) atoms. The zero-order valence-corrected chi connectivity index (χ0v) is 18.7. The summed E-state index contributed by atoms with van der Waals surface area (Å²) in [4.78, 5) is 30.1. The highest BCUT2D eigenvalue weighted by Crippen LogP contribution is 2.33. The maximum atomic E-state index is 12.3. The first kappa shape index (κ1) is 23.0. The number of aromatic nitrogens is 1. The second-order valence-corrected chi connectivity index (χ2v) is 9.16. The molecule has 7 nitrogen and oxygen atoms in total. The molecule has 2 heterocycles. The summed E-state index contributed by atoms with van der Waals surface area (Å²) in [5.74, 6) is 0.499. The van der Waals surface area contributed by atoms with E-state index < -0.39 is 11.7 Å². The molecule has 1 amide bonds. The number of aliphatic hydroxyl groups is 1. The molecule has 3 atom stereocenters. The van der Waals surface area contributed by atoms with Gasteiger partial charge in [-0.15, -0.1) is 0 Å². The Balaban J connectivity index is 1.64. The number of pyridine rings is 1. The summed E-state index contributed by atoms with van der Waals surface area (Å²) < 4.78 is 10.7. The molecule has 2 aromatic rings. The average Bonchev–Trinajstić information content (AvgIpc) is 2.75. The van der Waals surface area contributed by atoms with Crippen LogP contribution in [0.2, 0.25) is 0 Å². The van der Waals surface area contributed by atoms with Gasteiger partial charge in [0.1, 0.15) is 17.6 Å². The lowest BCUT2D eigenvalue weighted by Gasteiger charge is -2.37. The smallest absolute Gasteiger partial charge is 0.410 e. The van der Waals surface area contributed by atoms with Crippen molar-refractivity contribution >= 4 is 23.3 Å². The average molecular weight is 429 g/mol. The van der Waals surface area contributed by atoms with Crippen molar-refractivity contribution in [3.63, 3.8) is 0 Å². The number of rotatable bonds is 6. The number of carbonyl (C=O) groups excluding carboxylic acids is 2. The van der Waals surface area contributed by atoms with E-state index in [0.29, 0.717) is 38.1 Å². The van der Waals surface area contributed by atoms with Crippen molar-refractivity contribution in [1.29, 1.82) is 0 Å². The highest BCUT2D eigenvalue weighted by molar-refractivity contribution is 5.83. The highest BCUT2D eigenvalue weighted by atomic mass is 16.6. The molecule has 1 fully saturated rings. The van der Waals surface area contributed by atoms with Crippen molar-refractivity contribution in [3.05, 3.63) is 36.0 Å². The van der Waals surface area contributed by atoms with Crippen molar-refractivity contribution in [2.45, 2.75) is 51.7 Å². The minimum Gasteiger partial charge on any atom is -0.495 e. The van der Waals surface area contributed by atoms with Gasteiger partial charge in [0.25, 0.3) is 0 Å². The Morgan fingerprint density at radius 1 is 1.39 bits per heavy atom. The largest absolute Gasteiger partial charge is 0.495 e. The molecule has 7 heteroatoms. The molecule has 0 aliphatic carbocycles. The summed E-state index contributed by atoms with van der Waals surface area (Å²) in [6, 6.07) is 7.57. The van der Waals surface area contributed by atoms with Gasteiger partial charge in [-0.3, -0.25) is 4.98 Å². The number of methoxy groups -OCH3 is 1. The number of hydrogen-bond donors (Lipinski definition) is 1. The number of amides is 1. The summed E-state index contributed by atoms with van der Waals surface area (Å²) in [6.07, 6.45) is 3.47. The highest BCUT2D eigenvalue weighted by Gasteiger charge is 2.33. The first-order chi connectivity index (χ1) is 14.7. The number of carbonyl (C=O) groups is 2. The van der Waals surface area contributed by atoms with E-state index in [9.17, 15) is 14.7 Å². The van der Waals surface area contributed by atoms with Gasteiger partial charge in [-0.2, -0.15) is 0 Å². The van der Waals surface area contributed by atoms with Gasteiger partial charge in [0, 0.05) is 24.4 Å². The van der Waals surface area contributed by atoms with Crippen LogP contribution in [0.1, 0.15) is 51.7 Å². The summed E-state index contributed by atoms with van der Waals surface area (Å²) in [5, 5.41) is 11.8. The Bertz CT molecular complexity index is 924. The van der Waals surface area contributed by atoms with E-state index in [4.69, 9.17) is 9.47 Å². The minimum absolute atomic E-state index is 0.119. The number of aldehydes is 1. The lowest BCUT2D eigenvalue weighted by Crippen LogP contribution is -2.46. The number of ether oxygens (including phenoxy) is 2. The second kappa shape index (κ2) is 9.64. The molecule has 0 saturated carbocycles. The van der Waals surface area contributed by atoms with E-state index in [0.717, 1.165) is 22.8 Å². The maximum Gasteiger partial charge on any atom is 0.410 e. The Morgan fingerprint density at radius 3 is 2.84 bits per heavy atom. The van der Waals surface area contributed by atoms with Gasteiger partial charge in [-0.05, 0) is 63.6 Å². The van der Waals surface area contributed by atoms with Gasteiger partial charge in [-0.1, -0.05) is 12.1 Å². The van der Waals surface area contributed by atoms with Crippen LogP contribution in [0.3, 0.4) is 0 Å². The fraction of sp³-hybridized carbons (Fsp3) is 0.542. The van der Waals surface area contributed by atoms with Crippen molar-refractivity contribution in [3.8, 4) is 5.75 Å². The molecule has 168 valence electrons. The SMILES string of the molecule is COc1cnc2cccc(C(O)CC[C@@H]3CCN(C(=O)OC(C)(C)C)C[C@@H]3C=O)c2c1. The van der Waals surface area contributed by atoms with Crippen LogP contribution in [-0.4, -0.2) is 53.2 Å². The molecule has 1 aliphatic heterocycles. The van der Waals surface area contributed by atoms with Gasteiger partial charge < -0.3 is 24.3 Å². The minimum atomic E-state index is -0.672. The van der Waals surface area contributed by atoms with Crippen LogP contribution in [0, 0.1) is 11.8 Å². The number of fused-ring (bicyclic) bond motifs is 1. The maximum absolute atomic E-state index is 12.3. The van der Waals surface area contributed by atoms with Crippen molar-refractivity contribution in [2.75, 3.05) is 20.2 Å². The van der Waals surface area contributed by atoms with Crippen LogP contribution in [0.4, 0.5) is 4.79 Å². The third kappa shape index (κ3) is 5.73. The molecular weight excluding hydrogens is 396 g/mol. The monoisotopic (exact) mass is 428 g/mol. The molecule has 0 radical (unpaired) electrons. The van der Waals surface area contributed by atoms with E-state index in [-0.39, 0.29) is 17.9 Å². The topological polar surface area (TPSA) is 89.0 Å². The third-order valence-electron chi connectivity index (χ3n) is 5.77. The first-order valence-electron chi connectivity index (χ1n) is 10.8. The van der Waals surface area contributed by atoms with E-state index in [1.165, 1.54) is 0 Å². The van der Waals surface area contributed by atoms with Crippen LogP contribution in [-0.2, 0) is 9.53 Å². The molecule has 1 aliphatic rings. The van der Waals surface area contributed by atoms with Crippen LogP contribution < -0.4 is 4.74 Å². The molecule has 1 aromatic heterocycles. The Kier molecular flexibility index (Phi) is 7.15. The van der Waals surface area contributed by atoms with Crippen molar-refractivity contribution < 1.29 is 24.2 Å². The predicted molar refractivity (Wildman–Crippen MR) is 118 cm³/mol. The summed E-state index contributed by atoms with van der Waals surface area (Å²) in [7, 11) is 1.59. The zero-order valence-electron chi connectivity index (χ0n) is 18.7. The Morgan fingerprint density at radius 2 is 2.16 bits per heavy atom. The second-order valence-electron chi connectivity index (χ2n) is 9.16. The summed E-state index contributed by atoms with van der Waals surface area (Å²) in [6.45, 7) is 6.39. The molecule has 1 N–H and O–H groups in total. The number of benzene rings is 1. The lowest BCUT2D eigenvalue weighted by molar-refractivity contribution is -0.114. The number of likely N-dealkylation sites (tertiary alicyclic amines) is 1. The molecule has 0 bridgehead atoms. The summed E-state index contributed by atoms with van der Waals surface area (Å²) >= 11 is 0. The zero-order chi connectivity index (χ0) is 22.6. The molecule has 1 unspecified atom stereocenters. The van der Waals surface area contributed by atoms with Crippen LogP contribution in [0.25, 0.3) is 10.9 Å². The van der Waals surface area contributed by atoms with Gasteiger partial charge in [0.2, 0.25) is 0 Å². The number of aliphatic hydroxyl groups excluding tert-OH is 1. The number of nitrogens with zero attached hydrogens (tertiary/aromatic N) is 2. The fourth-order valence-electron chi connectivity index (χ4n) is 4.12.